The van der Waals surface area contributed by atoms with E-state index >= 15 is 0 Å². The highest BCUT2D eigenvalue weighted by Crippen LogP contribution is 1.80. The topological polar surface area (TPSA) is 36.2 Å². The summed E-state index contributed by atoms with van der Waals surface area (Å²) in [4.78, 5) is 3.68. The quantitative estimate of drug-likeness (QED) is 0.400. The number of halogens is 1. The highest BCUT2D eigenvalue weighted by Gasteiger charge is 1.69. The van der Waals surface area contributed by atoms with Crippen LogP contribution in [0.1, 0.15) is 6.92 Å². The lowest BCUT2D eigenvalue weighted by molar-refractivity contribution is 1.42. The zero-order chi connectivity index (χ0) is 6.41. The standard InChI is InChI=1S/C5H7IN2/c1-5(7)8-4-2-3-6/h2-4,7H,1H3/b3-2-,7-5?,8-4-. The maximum atomic E-state index is 6.84. The van der Waals surface area contributed by atoms with Crippen LogP contribution in [-0.2, 0) is 0 Å². The molecule has 8 heavy (non-hydrogen) atoms. The van der Waals surface area contributed by atoms with Crippen molar-refractivity contribution in [2.75, 3.05) is 0 Å². The Morgan fingerprint density at radius 3 is 2.75 bits per heavy atom. The van der Waals surface area contributed by atoms with Crippen LogP contribution in [0.4, 0.5) is 0 Å². The van der Waals surface area contributed by atoms with E-state index < -0.39 is 0 Å². The molecule has 0 fully saturated rings. The van der Waals surface area contributed by atoms with Crippen molar-refractivity contribution in [2.45, 2.75) is 6.92 Å². The number of nitrogens with one attached hydrogen (secondary N) is 1. The van der Waals surface area contributed by atoms with Crippen LogP contribution in [0.2, 0.25) is 0 Å². The first kappa shape index (κ1) is 7.81. The third kappa shape index (κ3) is 5.81. The molecule has 0 rings (SSSR count). The predicted molar refractivity (Wildman–Crippen MR) is 45.1 cm³/mol. The summed E-state index contributed by atoms with van der Waals surface area (Å²) in [5, 5.41) is 6.84. The first-order chi connectivity index (χ1) is 3.77. The third-order valence-corrected chi connectivity index (χ3v) is 0.842. The van der Waals surface area contributed by atoms with Crippen molar-refractivity contribution in [1.82, 2.24) is 0 Å². The molecule has 3 heteroatoms. The first-order valence-corrected chi connectivity index (χ1v) is 3.36. The van der Waals surface area contributed by atoms with Crippen molar-refractivity contribution in [3.8, 4) is 0 Å². The lowest BCUT2D eigenvalue weighted by Crippen LogP contribution is -1.78. The lowest BCUT2D eigenvalue weighted by atomic mass is 10.6. The van der Waals surface area contributed by atoms with E-state index in [1.54, 1.807) is 19.2 Å². The van der Waals surface area contributed by atoms with E-state index in [0.717, 1.165) is 0 Å². The van der Waals surface area contributed by atoms with Gasteiger partial charge >= 0.3 is 0 Å². The number of rotatable bonds is 1. The largest absolute Gasteiger partial charge is 0.287 e. The fraction of sp³-hybridized carbons (Fsp3) is 0.200. The second-order valence-electron chi connectivity index (χ2n) is 1.18. The van der Waals surface area contributed by atoms with Gasteiger partial charge in [-0.1, -0.05) is 22.6 Å². The van der Waals surface area contributed by atoms with Gasteiger partial charge in [-0.2, -0.15) is 0 Å². The molecule has 0 amide bonds. The average Bonchev–Trinajstić information content (AvgIpc) is 1.66. The maximum Gasteiger partial charge on any atom is 0.117 e. The molecule has 0 aromatic carbocycles. The monoisotopic (exact) mass is 222 g/mol. The normalized spacial score (nSPS) is 11.2. The van der Waals surface area contributed by atoms with Gasteiger partial charge in [0.05, 0.1) is 0 Å². The smallest absolute Gasteiger partial charge is 0.117 e. The van der Waals surface area contributed by atoms with Crippen LogP contribution in [0.25, 0.3) is 0 Å². The van der Waals surface area contributed by atoms with Crippen molar-refractivity contribution in [3.05, 3.63) is 10.2 Å². The molecule has 0 aliphatic rings. The molecule has 0 aliphatic heterocycles. The minimum absolute atomic E-state index is 0.333. The van der Waals surface area contributed by atoms with Gasteiger partial charge in [0, 0.05) is 6.21 Å². The van der Waals surface area contributed by atoms with Crippen LogP contribution in [-0.4, -0.2) is 12.1 Å². The predicted octanol–water partition coefficient (Wildman–Crippen LogP) is 2.00. The maximum absolute atomic E-state index is 6.84. The number of aliphatic imine (C=N–C) groups is 1. The summed E-state index contributed by atoms with van der Waals surface area (Å²) in [6.07, 6.45) is 3.37. The highest BCUT2D eigenvalue weighted by molar-refractivity contribution is 14.1. The summed E-state index contributed by atoms with van der Waals surface area (Å²) >= 11 is 2.09. The van der Waals surface area contributed by atoms with Gasteiger partial charge in [0.1, 0.15) is 5.84 Å². The molecule has 0 atom stereocenters. The summed E-state index contributed by atoms with van der Waals surface area (Å²) in [6, 6.07) is 0. The summed E-state index contributed by atoms with van der Waals surface area (Å²) in [6.45, 7) is 1.64. The summed E-state index contributed by atoms with van der Waals surface area (Å²) < 4.78 is 1.84. The molecular formula is C5H7IN2. The van der Waals surface area contributed by atoms with Gasteiger partial charge in [0.25, 0.3) is 0 Å². The van der Waals surface area contributed by atoms with Gasteiger partial charge in [0.2, 0.25) is 0 Å². The van der Waals surface area contributed by atoms with Gasteiger partial charge in [-0.25, -0.2) is 4.99 Å². The fourth-order valence-electron chi connectivity index (χ4n) is 0.187. The van der Waals surface area contributed by atoms with Gasteiger partial charge in [0.15, 0.2) is 0 Å². The molecule has 44 valence electrons. The van der Waals surface area contributed by atoms with Crippen LogP contribution >= 0.6 is 22.6 Å². The van der Waals surface area contributed by atoms with Gasteiger partial charge < -0.3 is 0 Å². The van der Waals surface area contributed by atoms with Crippen molar-refractivity contribution >= 4 is 34.6 Å². The van der Waals surface area contributed by atoms with Crippen molar-refractivity contribution < 1.29 is 0 Å². The lowest BCUT2D eigenvalue weighted by Gasteiger charge is -1.76. The molecule has 0 bridgehead atoms. The molecule has 0 aromatic rings. The Kier molecular flexibility index (Phi) is 4.84. The SMILES string of the molecule is CC(=N)/N=C\C=C/I. The van der Waals surface area contributed by atoms with Crippen LogP contribution in [0.3, 0.4) is 0 Å². The zero-order valence-corrected chi connectivity index (χ0v) is 6.71. The second-order valence-corrected chi connectivity index (χ2v) is 1.90. The molecule has 0 saturated carbocycles. The Balaban J connectivity index is 3.50. The molecular weight excluding hydrogens is 215 g/mol. The van der Waals surface area contributed by atoms with E-state index in [9.17, 15) is 0 Å². The molecule has 0 spiro atoms. The van der Waals surface area contributed by atoms with E-state index in [-0.39, 0.29) is 0 Å². The zero-order valence-electron chi connectivity index (χ0n) is 4.56. The number of nitrogens with zero attached hydrogens (tertiary/aromatic N) is 1. The molecule has 0 radical (unpaired) electrons. The minimum atomic E-state index is 0.333. The Morgan fingerprint density at radius 2 is 2.38 bits per heavy atom. The molecule has 1 N–H and O–H groups in total. The van der Waals surface area contributed by atoms with E-state index in [2.05, 4.69) is 27.6 Å². The molecule has 0 aromatic heterocycles. The summed E-state index contributed by atoms with van der Waals surface area (Å²) in [5.74, 6) is 0.333. The summed E-state index contributed by atoms with van der Waals surface area (Å²) in [5.41, 5.74) is 0. The molecule has 0 aliphatic carbocycles. The fourth-order valence-corrected chi connectivity index (χ4v) is 0.373. The molecule has 2 nitrogen and oxygen atoms in total. The molecule has 0 heterocycles. The van der Waals surface area contributed by atoms with Gasteiger partial charge in [-0.3, -0.25) is 5.41 Å². The molecule has 0 saturated heterocycles. The number of hydrogen-bond acceptors (Lipinski definition) is 1. The van der Waals surface area contributed by atoms with Gasteiger partial charge in [-0.05, 0) is 17.1 Å². The Hall–Kier alpha value is -0.190. The van der Waals surface area contributed by atoms with Crippen LogP contribution in [0, 0.1) is 5.41 Å². The van der Waals surface area contributed by atoms with Crippen molar-refractivity contribution in [1.29, 1.82) is 5.41 Å². The second kappa shape index (κ2) is 4.96. The van der Waals surface area contributed by atoms with Crippen molar-refractivity contribution in [2.24, 2.45) is 4.99 Å². The average molecular weight is 222 g/mol. The first-order valence-electron chi connectivity index (χ1n) is 2.12. The van der Waals surface area contributed by atoms with E-state index in [0.29, 0.717) is 5.84 Å². The van der Waals surface area contributed by atoms with Crippen molar-refractivity contribution in [3.63, 3.8) is 0 Å². The Bertz CT molecular complexity index is 126. The van der Waals surface area contributed by atoms with Gasteiger partial charge in [-0.15, -0.1) is 0 Å². The van der Waals surface area contributed by atoms with E-state index in [4.69, 9.17) is 5.41 Å². The van der Waals surface area contributed by atoms with Crippen LogP contribution in [0.15, 0.2) is 15.2 Å². The Morgan fingerprint density at radius 1 is 1.75 bits per heavy atom. The third-order valence-electron chi connectivity index (χ3n) is 0.427. The number of hydrogen-bond donors (Lipinski definition) is 1. The Labute approximate surface area is 62.4 Å². The highest BCUT2D eigenvalue weighted by atomic mass is 127. The molecule has 0 unspecified atom stereocenters. The van der Waals surface area contributed by atoms with Crippen LogP contribution < -0.4 is 0 Å². The minimum Gasteiger partial charge on any atom is -0.287 e. The van der Waals surface area contributed by atoms with Crippen LogP contribution in [0.5, 0.6) is 0 Å². The van der Waals surface area contributed by atoms with E-state index in [1.807, 2.05) is 4.08 Å². The number of amidine groups is 1. The number of allylic oxidation sites excluding steroid dienone is 1. The van der Waals surface area contributed by atoms with E-state index in [1.165, 1.54) is 0 Å². The summed E-state index contributed by atoms with van der Waals surface area (Å²) in [7, 11) is 0.